The Morgan fingerprint density at radius 1 is 1.35 bits per heavy atom. The van der Waals surface area contributed by atoms with E-state index in [9.17, 15) is 4.39 Å². The molecule has 2 aromatic rings. The second kappa shape index (κ2) is 6.90. The van der Waals surface area contributed by atoms with Crippen molar-refractivity contribution >= 4 is 15.9 Å². The topological polar surface area (TPSA) is 34.4 Å². The van der Waals surface area contributed by atoms with Crippen LogP contribution in [0.1, 0.15) is 24.0 Å². The number of nitrogens with one attached hydrogen (secondary N) is 1. The molecule has 0 unspecified atom stereocenters. The number of hydrogen-bond donors (Lipinski definition) is 1. The highest BCUT2D eigenvalue weighted by atomic mass is 79.9. The molecule has 0 atom stereocenters. The molecule has 1 N–H and O–H groups in total. The van der Waals surface area contributed by atoms with Crippen LogP contribution in [0.15, 0.2) is 33.2 Å². The Bertz CT molecular complexity index is 583. The lowest BCUT2D eigenvalue weighted by atomic mass is 10.2. The van der Waals surface area contributed by atoms with Crippen LogP contribution in [0.25, 0.3) is 0 Å². The van der Waals surface area contributed by atoms with Gasteiger partial charge in [-0.25, -0.2) is 4.39 Å². The molecule has 0 fully saturated rings. The maximum Gasteiger partial charge on any atom is 0.165 e. The Hall–Kier alpha value is -1.33. The third-order valence-corrected chi connectivity index (χ3v) is 3.39. The number of halogens is 2. The SMILES string of the molecule is CCNCc1cc(COc2cc(Br)ccc2F)oc1C. The van der Waals surface area contributed by atoms with Crippen LogP contribution in [0, 0.1) is 12.7 Å². The van der Waals surface area contributed by atoms with Gasteiger partial charge in [-0.2, -0.15) is 0 Å². The first-order chi connectivity index (χ1) is 9.60. The van der Waals surface area contributed by atoms with Crippen LogP contribution in [-0.4, -0.2) is 6.54 Å². The first kappa shape index (κ1) is 15.1. The van der Waals surface area contributed by atoms with Crippen LogP contribution in [0.3, 0.4) is 0 Å². The third-order valence-electron chi connectivity index (χ3n) is 2.90. The van der Waals surface area contributed by atoms with E-state index in [4.69, 9.17) is 9.15 Å². The average Bonchev–Trinajstić information content (AvgIpc) is 2.78. The molecule has 0 aliphatic carbocycles. The highest BCUT2D eigenvalue weighted by molar-refractivity contribution is 9.10. The van der Waals surface area contributed by atoms with Crippen LogP contribution >= 0.6 is 15.9 Å². The molecule has 20 heavy (non-hydrogen) atoms. The Morgan fingerprint density at radius 2 is 2.15 bits per heavy atom. The molecule has 1 heterocycles. The molecule has 3 nitrogen and oxygen atoms in total. The molecule has 2 rings (SSSR count). The van der Waals surface area contributed by atoms with Crippen LogP contribution in [0.5, 0.6) is 5.75 Å². The van der Waals surface area contributed by atoms with E-state index in [1.807, 2.05) is 13.0 Å². The fourth-order valence-corrected chi connectivity index (χ4v) is 2.17. The standard InChI is InChI=1S/C15H17BrFNO2/c1-3-18-8-11-6-13(20-10(11)2)9-19-15-7-12(16)4-5-14(15)17/h4-7,18H,3,8-9H2,1-2H3. The van der Waals surface area contributed by atoms with Crippen LogP contribution in [-0.2, 0) is 13.2 Å². The zero-order valence-electron chi connectivity index (χ0n) is 11.5. The number of hydrogen-bond acceptors (Lipinski definition) is 3. The molecule has 5 heteroatoms. The Labute approximate surface area is 126 Å². The van der Waals surface area contributed by atoms with Gasteiger partial charge in [-0.3, -0.25) is 0 Å². The molecular weight excluding hydrogens is 325 g/mol. The molecule has 0 saturated carbocycles. The average molecular weight is 342 g/mol. The van der Waals surface area contributed by atoms with E-state index < -0.39 is 0 Å². The molecule has 0 aliphatic heterocycles. The number of furan rings is 1. The summed E-state index contributed by atoms with van der Waals surface area (Å²) >= 11 is 3.29. The van der Waals surface area contributed by atoms with Crippen molar-refractivity contribution in [3.05, 3.63) is 51.6 Å². The van der Waals surface area contributed by atoms with E-state index in [2.05, 4.69) is 28.2 Å². The van der Waals surface area contributed by atoms with Crippen molar-refractivity contribution in [2.45, 2.75) is 27.0 Å². The Balaban J connectivity index is 2.02. The number of rotatable bonds is 6. The summed E-state index contributed by atoms with van der Waals surface area (Å²) in [7, 11) is 0. The van der Waals surface area contributed by atoms with E-state index in [-0.39, 0.29) is 18.2 Å². The third kappa shape index (κ3) is 3.84. The fraction of sp³-hybridized carbons (Fsp3) is 0.333. The zero-order chi connectivity index (χ0) is 14.5. The molecule has 0 aliphatic rings. The maximum atomic E-state index is 13.5. The van der Waals surface area contributed by atoms with Gasteiger partial charge in [-0.05, 0) is 37.7 Å². The van der Waals surface area contributed by atoms with Crippen molar-refractivity contribution in [2.75, 3.05) is 6.54 Å². The van der Waals surface area contributed by atoms with Crippen molar-refractivity contribution in [2.24, 2.45) is 0 Å². The lowest BCUT2D eigenvalue weighted by Crippen LogP contribution is -2.11. The number of benzene rings is 1. The predicted octanol–water partition coefficient (Wildman–Crippen LogP) is 4.18. The molecule has 0 saturated heterocycles. The van der Waals surface area contributed by atoms with E-state index in [1.165, 1.54) is 6.07 Å². The van der Waals surface area contributed by atoms with Crippen LogP contribution in [0.2, 0.25) is 0 Å². The van der Waals surface area contributed by atoms with Crippen molar-refractivity contribution in [3.8, 4) is 5.75 Å². The van der Waals surface area contributed by atoms with Crippen LogP contribution in [0.4, 0.5) is 4.39 Å². The summed E-state index contributed by atoms with van der Waals surface area (Å²) in [6.07, 6.45) is 0. The van der Waals surface area contributed by atoms with Crippen molar-refractivity contribution in [1.82, 2.24) is 5.32 Å². The quantitative estimate of drug-likeness (QED) is 0.855. The highest BCUT2D eigenvalue weighted by Gasteiger charge is 2.09. The van der Waals surface area contributed by atoms with E-state index in [1.54, 1.807) is 12.1 Å². The summed E-state index contributed by atoms with van der Waals surface area (Å²) in [6, 6.07) is 6.54. The normalized spacial score (nSPS) is 10.8. The summed E-state index contributed by atoms with van der Waals surface area (Å²) in [5.41, 5.74) is 1.10. The first-order valence-corrected chi connectivity index (χ1v) is 7.26. The van der Waals surface area contributed by atoms with Gasteiger partial charge in [0.05, 0.1) is 0 Å². The molecule has 0 radical (unpaired) electrons. The summed E-state index contributed by atoms with van der Waals surface area (Å²) in [5.74, 6) is 1.38. The highest BCUT2D eigenvalue weighted by Crippen LogP contribution is 2.24. The molecule has 108 valence electrons. The van der Waals surface area contributed by atoms with E-state index in [0.29, 0.717) is 5.76 Å². The minimum absolute atomic E-state index is 0.209. The summed E-state index contributed by atoms with van der Waals surface area (Å²) in [5, 5.41) is 3.24. The van der Waals surface area contributed by atoms with Crippen molar-refractivity contribution < 1.29 is 13.5 Å². The fourth-order valence-electron chi connectivity index (χ4n) is 1.83. The maximum absolute atomic E-state index is 13.5. The Morgan fingerprint density at radius 3 is 2.90 bits per heavy atom. The van der Waals surface area contributed by atoms with Crippen molar-refractivity contribution in [3.63, 3.8) is 0 Å². The lowest BCUT2D eigenvalue weighted by molar-refractivity contribution is 0.256. The van der Waals surface area contributed by atoms with Gasteiger partial charge in [-0.15, -0.1) is 0 Å². The number of aryl methyl sites for hydroxylation is 1. The van der Waals surface area contributed by atoms with Gasteiger partial charge in [0.2, 0.25) is 0 Å². The molecule has 0 amide bonds. The monoisotopic (exact) mass is 341 g/mol. The van der Waals surface area contributed by atoms with E-state index >= 15 is 0 Å². The summed E-state index contributed by atoms with van der Waals surface area (Å²) in [4.78, 5) is 0. The largest absolute Gasteiger partial charge is 0.483 e. The molecular formula is C15H17BrFNO2. The van der Waals surface area contributed by atoms with Gasteiger partial charge in [0.1, 0.15) is 18.1 Å². The number of ether oxygens (including phenoxy) is 1. The lowest BCUT2D eigenvalue weighted by Gasteiger charge is -2.05. The van der Waals surface area contributed by atoms with Gasteiger partial charge in [-0.1, -0.05) is 22.9 Å². The Kier molecular flexibility index (Phi) is 5.20. The molecule has 0 bridgehead atoms. The van der Waals surface area contributed by atoms with Crippen molar-refractivity contribution in [1.29, 1.82) is 0 Å². The predicted molar refractivity (Wildman–Crippen MR) is 79.3 cm³/mol. The van der Waals surface area contributed by atoms with Gasteiger partial charge in [0.15, 0.2) is 11.6 Å². The van der Waals surface area contributed by atoms with Gasteiger partial charge in [0.25, 0.3) is 0 Å². The minimum Gasteiger partial charge on any atom is -0.483 e. The smallest absolute Gasteiger partial charge is 0.165 e. The molecule has 1 aromatic carbocycles. The van der Waals surface area contributed by atoms with Gasteiger partial charge < -0.3 is 14.5 Å². The second-order valence-electron chi connectivity index (χ2n) is 4.44. The summed E-state index contributed by atoms with van der Waals surface area (Å²) in [6.45, 7) is 5.84. The van der Waals surface area contributed by atoms with Gasteiger partial charge >= 0.3 is 0 Å². The van der Waals surface area contributed by atoms with Crippen LogP contribution < -0.4 is 10.1 Å². The molecule has 0 spiro atoms. The zero-order valence-corrected chi connectivity index (χ0v) is 13.1. The van der Waals surface area contributed by atoms with Gasteiger partial charge in [0, 0.05) is 16.6 Å². The second-order valence-corrected chi connectivity index (χ2v) is 5.35. The molecule has 1 aromatic heterocycles. The minimum atomic E-state index is -0.385. The summed E-state index contributed by atoms with van der Waals surface area (Å²) < 4.78 is 25.4. The first-order valence-electron chi connectivity index (χ1n) is 6.47. The van der Waals surface area contributed by atoms with E-state index in [0.717, 1.165) is 28.9 Å².